The third-order valence-electron chi connectivity index (χ3n) is 9.54. The molecule has 4 aromatic heterocycles. The summed E-state index contributed by atoms with van der Waals surface area (Å²) < 4.78 is 158. The molecule has 0 bridgehead atoms. The summed E-state index contributed by atoms with van der Waals surface area (Å²) in [5.41, 5.74) is -3.06. The largest absolute Gasteiger partial charge is 0.495 e. The van der Waals surface area contributed by atoms with Gasteiger partial charge in [0.1, 0.15) is 40.1 Å². The highest BCUT2D eigenvalue weighted by molar-refractivity contribution is 6.05. The first-order valence-corrected chi connectivity index (χ1v) is 18.2. The van der Waals surface area contributed by atoms with E-state index in [9.17, 15) is 57.9 Å². The van der Waals surface area contributed by atoms with Crippen molar-refractivity contribution < 1.29 is 62.6 Å². The van der Waals surface area contributed by atoms with Crippen LogP contribution in [0.1, 0.15) is 31.8 Å². The van der Waals surface area contributed by atoms with Gasteiger partial charge in [-0.2, -0.15) is 30.7 Å². The second-order valence-electron chi connectivity index (χ2n) is 13.5. The van der Waals surface area contributed by atoms with Gasteiger partial charge in [0.25, 0.3) is 11.8 Å². The molecule has 4 heterocycles. The van der Waals surface area contributed by atoms with E-state index in [-0.39, 0.29) is 33.7 Å². The van der Waals surface area contributed by atoms with Crippen LogP contribution in [0.5, 0.6) is 5.75 Å². The number of rotatable bonds is 7. The minimum Gasteiger partial charge on any atom is -0.495 e. The number of aromatic nitrogens is 2. The molecule has 4 aromatic carbocycles. The van der Waals surface area contributed by atoms with E-state index in [4.69, 9.17) is 4.74 Å². The summed E-state index contributed by atoms with van der Waals surface area (Å²) in [5.74, 6) is -6.74. The molecular formula is C45H27F11N4O3. The van der Waals surface area contributed by atoms with Gasteiger partial charge >= 0.3 is 12.4 Å². The van der Waals surface area contributed by atoms with Gasteiger partial charge in [0.15, 0.2) is 5.95 Å². The highest BCUT2D eigenvalue weighted by Crippen LogP contribution is 2.42. The Morgan fingerprint density at radius 3 is 1.41 bits per heavy atom. The quantitative estimate of drug-likeness (QED) is 0.124. The summed E-state index contributed by atoms with van der Waals surface area (Å²) >= 11 is 0. The fourth-order valence-electron chi connectivity index (χ4n) is 6.71. The molecule has 8 rings (SSSR count). The van der Waals surface area contributed by atoms with Crippen molar-refractivity contribution in [3.05, 3.63) is 185 Å². The number of halogens is 11. The van der Waals surface area contributed by atoms with Gasteiger partial charge in [-0.05, 0) is 96.1 Å². The maximum Gasteiger partial charge on any atom is 0.418 e. The number of anilines is 2. The average Bonchev–Trinajstić information content (AvgIpc) is 3.82. The molecule has 0 atom stereocenters. The number of carbonyl (C=O) groups excluding carboxylic acids is 2. The number of hydrogen-bond donors (Lipinski definition) is 2. The maximum absolute atomic E-state index is 14.3. The number of benzene rings is 4. The molecule has 8 aromatic rings. The molecule has 63 heavy (non-hydrogen) atoms. The van der Waals surface area contributed by atoms with Crippen LogP contribution in [0.3, 0.4) is 0 Å². The first kappa shape index (κ1) is 43.5. The molecule has 7 nitrogen and oxygen atoms in total. The highest BCUT2D eigenvalue weighted by atomic mass is 19.4. The smallest absolute Gasteiger partial charge is 0.418 e. The summed E-state index contributed by atoms with van der Waals surface area (Å²) in [4.78, 5) is 24.4. The van der Waals surface area contributed by atoms with Crippen LogP contribution >= 0.6 is 0 Å². The Morgan fingerprint density at radius 2 is 0.952 bits per heavy atom. The monoisotopic (exact) mass is 880 g/mol. The summed E-state index contributed by atoms with van der Waals surface area (Å²) in [6, 6.07) is 25.1. The molecule has 0 saturated carbocycles. The van der Waals surface area contributed by atoms with Crippen LogP contribution < -0.4 is 15.4 Å². The summed E-state index contributed by atoms with van der Waals surface area (Å²) in [6.07, 6.45) is -7.90. The van der Waals surface area contributed by atoms with Crippen LogP contribution in [0.25, 0.3) is 33.5 Å². The molecule has 0 unspecified atom stereocenters. The van der Waals surface area contributed by atoms with Crippen molar-refractivity contribution in [1.82, 2.24) is 8.80 Å². The molecule has 2 amide bonds. The fraction of sp³-hybridized carbons (Fsp3) is 0.0667. The van der Waals surface area contributed by atoms with E-state index in [0.717, 1.165) is 59.0 Å². The lowest BCUT2D eigenvalue weighted by Crippen LogP contribution is -2.15. The fourth-order valence-corrected chi connectivity index (χ4v) is 6.71. The maximum atomic E-state index is 14.3. The molecule has 2 N–H and O–H groups in total. The predicted octanol–water partition coefficient (Wildman–Crippen LogP) is 12.5. The van der Waals surface area contributed by atoms with Crippen LogP contribution in [-0.2, 0) is 12.4 Å². The van der Waals surface area contributed by atoms with Gasteiger partial charge in [0.2, 0.25) is 0 Å². The molecular weight excluding hydrogens is 853 g/mol. The van der Waals surface area contributed by atoms with Crippen molar-refractivity contribution in [2.75, 3.05) is 17.7 Å². The molecule has 0 fully saturated rings. The molecule has 0 spiro atoms. The first-order chi connectivity index (χ1) is 29.8. The Bertz CT molecular complexity index is 2970. The third-order valence-corrected chi connectivity index (χ3v) is 9.54. The van der Waals surface area contributed by atoms with Gasteiger partial charge in [-0.3, -0.25) is 14.0 Å². The molecule has 18 heteroatoms. The summed E-state index contributed by atoms with van der Waals surface area (Å²) in [6.45, 7) is 0. The van der Waals surface area contributed by atoms with Crippen LogP contribution in [0.2, 0.25) is 0 Å². The van der Waals surface area contributed by atoms with Gasteiger partial charge in [-0.25, -0.2) is 17.6 Å². The first-order valence-electron chi connectivity index (χ1n) is 18.2. The Labute approximate surface area is 348 Å². The third kappa shape index (κ3) is 8.91. The van der Waals surface area contributed by atoms with Gasteiger partial charge in [0.05, 0.1) is 35.8 Å². The van der Waals surface area contributed by atoms with E-state index in [1.807, 2.05) is 0 Å². The number of methoxy groups -OCH3 is 1. The molecule has 0 radical (unpaired) electrons. The van der Waals surface area contributed by atoms with Gasteiger partial charge in [-0.15, -0.1) is 0 Å². The Hall–Kier alpha value is -7.63. The number of pyridine rings is 2. The van der Waals surface area contributed by atoms with E-state index in [2.05, 4.69) is 10.6 Å². The number of carbonyl (C=O) groups is 2. The Kier molecular flexibility index (Phi) is 11.7. The number of hydrogen-bond acceptors (Lipinski definition) is 3. The summed E-state index contributed by atoms with van der Waals surface area (Å²) in [5, 5.41) is 4.63. The zero-order chi connectivity index (χ0) is 45.4. The molecule has 0 aliphatic carbocycles. The lowest BCUT2D eigenvalue weighted by atomic mass is 10.1. The number of nitrogens with one attached hydrogen (secondary N) is 2. The predicted molar refractivity (Wildman–Crippen MR) is 211 cm³/mol. The Balaban J connectivity index is 0.000000189. The van der Waals surface area contributed by atoms with E-state index in [1.165, 1.54) is 84.4 Å². The van der Waals surface area contributed by atoms with Crippen LogP contribution in [0, 0.1) is 29.2 Å². The van der Waals surface area contributed by atoms with Crippen molar-refractivity contribution in [1.29, 1.82) is 0 Å². The normalized spacial score (nSPS) is 11.6. The van der Waals surface area contributed by atoms with E-state index in [1.54, 1.807) is 6.07 Å². The van der Waals surface area contributed by atoms with Crippen molar-refractivity contribution >= 4 is 34.2 Å². The van der Waals surface area contributed by atoms with Gasteiger partial charge in [-0.1, -0.05) is 42.5 Å². The number of nitrogens with zero attached hydrogens (tertiary/aromatic N) is 2. The summed E-state index contributed by atoms with van der Waals surface area (Å²) in [7, 11) is 1.41. The van der Waals surface area contributed by atoms with Crippen molar-refractivity contribution in [3.63, 3.8) is 0 Å². The number of alkyl halides is 6. The number of fused-ring (bicyclic) bond motifs is 2. The minimum atomic E-state index is -4.73. The van der Waals surface area contributed by atoms with E-state index < -0.39 is 81.3 Å². The van der Waals surface area contributed by atoms with Crippen molar-refractivity contribution in [2.45, 2.75) is 12.4 Å². The number of ether oxygens (including phenoxy) is 1. The minimum absolute atomic E-state index is 0.0229. The van der Waals surface area contributed by atoms with E-state index >= 15 is 0 Å². The van der Waals surface area contributed by atoms with Gasteiger partial charge < -0.3 is 19.8 Å². The van der Waals surface area contributed by atoms with Crippen LogP contribution in [-0.4, -0.2) is 27.7 Å². The zero-order valence-corrected chi connectivity index (χ0v) is 32.0. The highest BCUT2D eigenvalue weighted by Gasteiger charge is 2.37. The second-order valence-corrected chi connectivity index (χ2v) is 13.5. The molecule has 0 aliphatic rings. The average molecular weight is 881 g/mol. The number of amides is 2. The SMILES string of the molecule is COc1ccc2cc(C(F)(F)F)c(-c3ccc(NC(=O)c4c(F)cccc4F)cc3)n2c1.O=C(Nc1ccc(-c2c(C(F)(F)F)cc3cccc(F)n23)cc1)c1c(F)cccc1F. The second kappa shape index (κ2) is 17.0. The molecule has 0 saturated heterocycles. The van der Waals surface area contributed by atoms with Crippen molar-refractivity contribution in [2.24, 2.45) is 0 Å². The topological polar surface area (TPSA) is 76.2 Å². The molecule has 0 aliphatic heterocycles. The van der Waals surface area contributed by atoms with Crippen LogP contribution in [0.4, 0.5) is 59.7 Å². The zero-order valence-electron chi connectivity index (χ0n) is 32.0. The standard InChI is InChI=1S/C23H15F5N2O2.C22H12F6N2O/c1-32-16-10-9-15-11-17(23(26,27)28)21(30(15)12-16)13-5-7-14(8-6-13)29-22(31)20-18(24)3-2-4-19(20)25;23-16-4-2-5-17(24)19(16)21(31)29-13-9-7-12(8-10-13)20-15(22(26,27)28)11-14-3-1-6-18(25)30(14)20/h2-12H,1H3,(H,29,31);1-11H,(H,29,31). The Morgan fingerprint density at radius 1 is 0.524 bits per heavy atom. The van der Waals surface area contributed by atoms with Gasteiger partial charge in [0, 0.05) is 22.4 Å². The van der Waals surface area contributed by atoms with Crippen molar-refractivity contribution in [3.8, 4) is 28.3 Å². The lowest BCUT2D eigenvalue weighted by Gasteiger charge is -2.12. The van der Waals surface area contributed by atoms with E-state index in [0.29, 0.717) is 11.3 Å². The lowest BCUT2D eigenvalue weighted by molar-refractivity contribution is -0.137. The molecule has 322 valence electrons. The van der Waals surface area contributed by atoms with Crippen LogP contribution in [0.15, 0.2) is 134 Å².